The number of ether oxygens (including phenoxy) is 1. The van der Waals surface area contributed by atoms with E-state index in [0.29, 0.717) is 12.0 Å². The standard InChI is InChI=1S/C16H24N2O2S/c1-16(12-4-6-20-7-5-12)14(19)18-15(21-16)17-13-9-10-2-3-11(13)8-10/h10-13H,2-9H2,1H3,(H,17,18,19)/t10-,11+,13+,16?/m1/s1. The highest BCUT2D eigenvalue weighted by atomic mass is 32.2. The summed E-state index contributed by atoms with van der Waals surface area (Å²) < 4.78 is 5.09. The van der Waals surface area contributed by atoms with Crippen molar-refractivity contribution in [2.45, 2.75) is 56.2 Å². The Hall–Kier alpha value is -0.550. The van der Waals surface area contributed by atoms with E-state index in [1.54, 1.807) is 11.8 Å². The molecule has 4 rings (SSSR count). The molecule has 1 amide bonds. The van der Waals surface area contributed by atoms with Gasteiger partial charge in [-0.05, 0) is 56.8 Å². The van der Waals surface area contributed by atoms with Crippen molar-refractivity contribution >= 4 is 22.8 Å². The largest absolute Gasteiger partial charge is 0.381 e. The van der Waals surface area contributed by atoms with E-state index in [0.717, 1.165) is 43.1 Å². The number of nitrogens with one attached hydrogen (secondary N) is 1. The number of carbonyl (C=O) groups excluding carboxylic acids is 1. The van der Waals surface area contributed by atoms with Crippen LogP contribution in [-0.2, 0) is 9.53 Å². The molecule has 0 spiro atoms. The molecule has 2 aliphatic heterocycles. The van der Waals surface area contributed by atoms with Crippen LogP contribution in [0.2, 0.25) is 0 Å². The summed E-state index contributed by atoms with van der Waals surface area (Å²) in [6.45, 7) is 3.66. The molecule has 0 aromatic heterocycles. The third-order valence-corrected chi connectivity index (χ3v) is 7.31. The van der Waals surface area contributed by atoms with Crippen LogP contribution in [0.5, 0.6) is 0 Å². The van der Waals surface area contributed by atoms with Crippen LogP contribution in [0.1, 0.15) is 45.4 Å². The lowest BCUT2D eigenvalue weighted by molar-refractivity contribution is -0.123. The van der Waals surface area contributed by atoms with E-state index in [-0.39, 0.29) is 10.7 Å². The summed E-state index contributed by atoms with van der Waals surface area (Å²) in [6, 6.07) is 0.462. The molecule has 4 aliphatic rings. The van der Waals surface area contributed by atoms with Gasteiger partial charge in [-0.3, -0.25) is 9.79 Å². The van der Waals surface area contributed by atoms with Gasteiger partial charge < -0.3 is 10.1 Å². The number of rotatable bonds is 2. The van der Waals surface area contributed by atoms with Crippen LogP contribution in [0, 0.1) is 17.8 Å². The first-order valence-electron chi connectivity index (χ1n) is 8.31. The third-order valence-electron chi connectivity index (χ3n) is 5.96. The van der Waals surface area contributed by atoms with Gasteiger partial charge in [-0.25, -0.2) is 0 Å². The molecule has 2 saturated carbocycles. The quantitative estimate of drug-likeness (QED) is 0.853. The first-order valence-corrected chi connectivity index (χ1v) is 9.13. The van der Waals surface area contributed by atoms with Crippen LogP contribution in [0.25, 0.3) is 0 Å². The van der Waals surface area contributed by atoms with Gasteiger partial charge in [-0.15, -0.1) is 0 Å². The number of hydrogen-bond donors (Lipinski definition) is 1. The fraction of sp³-hybridized carbons (Fsp3) is 0.875. The van der Waals surface area contributed by atoms with Crippen molar-refractivity contribution in [3.05, 3.63) is 0 Å². The summed E-state index contributed by atoms with van der Waals surface area (Å²) in [5, 5.41) is 3.94. The van der Waals surface area contributed by atoms with Gasteiger partial charge in [0, 0.05) is 13.2 Å². The zero-order valence-corrected chi connectivity index (χ0v) is 13.5. The molecule has 116 valence electrons. The zero-order valence-electron chi connectivity index (χ0n) is 12.6. The van der Waals surface area contributed by atoms with Crippen molar-refractivity contribution in [3.8, 4) is 0 Å². The van der Waals surface area contributed by atoms with Gasteiger partial charge in [0.25, 0.3) is 0 Å². The van der Waals surface area contributed by atoms with E-state index >= 15 is 0 Å². The topological polar surface area (TPSA) is 50.7 Å². The van der Waals surface area contributed by atoms with Crippen LogP contribution < -0.4 is 5.32 Å². The van der Waals surface area contributed by atoms with E-state index in [1.165, 1.54) is 25.7 Å². The van der Waals surface area contributed by atoms with Gasteiger partial charge >= 0.3 is 0 Å². The Balaban J connectivity index is 1.48. The molecule has 4 atom stereocenters. The number of carbonyl (C=O) groups is 1. The molecular formula is C16H24N2O2S. The summed E-state index contributed by atoms with van der Waals surface area (Å²) in [4.78, 5) is 17.4. The minimum Gasteiger partial charge on any atom is -0.381 e. The Labute approximate surface area is 130 Å². The van der Waals surface area contributed by atoms with Gasteiger partial charge in [0.1, 0.15) is 4.75 Å². The lowest BCUT2D eigenvalue weighted by Gasteiger charge is -2.33. The first kappa shape index (κ1) is 14.1. The maximum atomic E-state index is 12.5. The lowest BCUT2D eigenvalue weighted by atomic mass is 9.86. The van der Waals surface area contributed by atoms with Gasteiger partial charge in [-0.1, -0.05) is 18.2 Å². The molecule has 0 aromatic carbocycles. The molecule has 2 bridgehead atoms. The van der Waals surface area contributed by atoms with Gasteiger partial charge in [0.15, 0.2) is 5.17 Å². The van der Waals surface area contributed by atoms with Crippen LogP contribution in [0.4, 0.5) is 0 Å². The molecule has 2 heterocycles. The average Bonchev–Trinajstić information content (AvgIpc) is 3.16. The minimum absolute atomic E-state index is 0.154. The minimum atomic E-state index is -0.347. The molecule has 1 N–H and O–H groups in total. The first-order chi connectivity index (χ1) is 10.1. The number of nitrogens with zero attached hydrogens (tertiary/aromatic N) is 1. The highest BCUT2D eigenvalue weighted by Gasteiger charge is 2.49. The summed E-state index contributed by atoms with van der Waals surface area (Å²) in [5.41, 5.74) is 0. The molecule has 1 unspecified atom stereocenters. The summed E-state index contributed by atoms with van der Waals surface area (Å²) >= 11 is 1.68. The Bertz CT molecular complexity index is 475. The number of thioether (sulfide) groups is 1. The van der Waals surface area contributed by atoms with Crippen LogP contribution in [0.3, 0.4) is 0 Å². The predicted molar refractivity (Wildman–Crippen MR) is 84.4 cm³/mol. The number of fused-ring (bicyclic) bond motifs is 2. The van der Waals surface area contributed by atoms with E-state index < -0.39 is 0 Å². The molecule has 4 nitrogen and oxygen atoms in total. The Morgan fingerprint density at radius 3 is 2.71 bits per heavy atom. The lowest BCUT2D eigenvalue weighted by Crippen LogP contribution is -2.42. The summed E-state index contributed by atoms with van der Waals surface area (Å²) in [7, 11) is 0. The van der Waals surface area contributed by atoms with Crippen molar-refractivity contribution in [3.63, 3.8) is 0 Å². The second-order valence-corrected chi connectivity index (χ2v) is 8.67. The van der Waals surface area contributed by atoms with Crippen molar-refractivity contribution in [2.75, 3.05) is 13.2 Å². The number of amides is 1. The molecule has 2 aliphatic carbocycles. The third kappa shape index (κ3) is 2.42. The molecule has 21 heavy (non-hydrogen) atoms. The molecule has 0 aromatic rings. The number of aliphatic imine (C=N–C) groups is 1. The number of hydrogen-bond acceptors (Lipinski definition) is 4. The van der Waals surface area contributed by atoms with E-state index in [9.17, 15) is 4.79 Å². The Kier molecular flexibility index (Phi) is 3.53. The zero-order chi connectivity index (χ0) is 14.4. The SMILES string of the molecule is CC1(C2CCOCC2)SC(=N[C@H]2C[C@@H]3CC[C@H]2C3)NC1=O. The van der Waals surface area contributed by atoms with Gasteiger partial charge in [0.2, 0.25) is 5.91 Å². The fourth-order valence-electron chi connectivity index (χ4n) is 4.59. The monoisotopic (exact) mass is 308 g/mol. The second kappa shape index (κ2) is 5.27. The predicted octanol–water partition coefficient (Wildman–Crippen LogP) is 2.58. The van der Waals surface area contributed by atoms with Crippen molar-refractivity contribution in [1.29, 1.82) is 0 Å². The Morgan fingerprint density at radius 2 is 2.05 bits per heavy atom. The normalized spacial score (nSPS) is 45.5. The van der Waals surface area contributed by atoms with E-state index in [4.69, 9.17) is 9.73 Å². The highest BCUT2D eigenvalue weighted by Crippen LogP contribution is 2.47. The van der Waals surface area contributed by atoms with Crippen molar-refractivity contribution in [1.82, 2.24) is 5.32 Å². The molecular weight excluding hydrogens is 284 g/mol. The van der Waals surface area contributed by atoms with Gasteiger partial charge in [-0.2, -0.15) is 0 Å². The summed E-state index contributed by atoms with van der Waals surface area (Å²) in [6.07, 6.45) is 7.29. The molecule has 2 saturated heterocycles. The van der Waals surface area contributed by atoms with E-state index in [1.807, 2.05) is 0 Å². The smallest absolute Gasteiger partial charge is 0.242 e. The van der Waals surface area contributed by atoms with Crippen LogP contribution >= 0.6 is 11.8 Å². The maximum Gasteiger partial charge on any atom is 0.242 e. The van der Waals surface area contributed by atoms with Crippen molar-refractivity contribution in [2.24, 2.45) is 22.7 Å². The Morgan fingerprint density at radius 1 is 1.24 bits per heavy atom. The van der Waals surface area contributed by atoms with Crippen molar-refractivity contribution < 1.29 is 9.53 Å². The molecule has 0 radical (unpaired) electrons. The number of amidine groups is 1. The molecule has 5 heteroatoms. The second-order valence-electron chi connectivity index (χ2n) is 7.23. The summed E-state index contributed by atoms with van der Waals surface area (Å²) in [5.74, 6) is 2.23. The maximum absolute atomic E-state index is 12.5. The van der Waals surface area contributed by atoms with Crippen LogP contribution in [-0.4, -0.2) is 35.1 Å². The highest BCUT2D eigenvalue weighted by molar-refractivity contribution is 8.16. The average molecular weight is 308 g/mol. The van der Waals surface area contributed by atoms with E-state index in [2.05, 4.69) is 12.2 Å². The fourth-order valence-corrected chi connectivity index (χ4v) is 5.87. The molecule has 4 fully saturated rings. The van der Waals surface area contributed by atoms with Crippen LogP contribution in [0.15, 0.2) is 4.99 Å². The van der Waals surface area contributed by atoms with Gasteiger partial charge in [0.05, 0.1) is 6.04 Å².